The lowest BCUT2D eigenvalue weighted by molar-refractivity contribution is -0.384. The van der Waals surface area contributed by atoms with Crippen molar-refractivity contribution in [3.63, 3.8) is 0 Å². The van der Waals surface area contributed by atoms with Crippen molar-refractivity contribution < 1.29 is 4.92 Å². The lowest BCUT2D eigenvalue weighted by Crippen LogP contribution is -2.31. The van der Waals surface area contributed by atoms with Gasteiger partial charge in [0.05, 0.1) is 11.0 Å². The topological polar surface area (TPSA) is 55.2 Å². The highest BCUT2D eigenvalue weighted by molar-refractivity contribution is 5.32. The summed E-state index contributed by atoms with van der Waals surface area (Å²) >= 11 is 0. The van der Waals surface area contributed by atoms with E-state index in [2.05, 4.69) is 11.2 Å². The Bertz CT molecular complexity index is 418. The lowest BCUT2D eigenvalue weighted by atomic mass is 10.1. The third-order valence-electron chi connectivity index (χ3n) is 2.52. The van der Waals surface area contributed by atoms with E-state index in [0.29, 0.717) is 12.5 Å². The van der Waals surface area contributed by atoms with E-state index in [1.807, 2.05) is 13.8 Å². The lowest BCUT2D eigenvalue weighted by Gasteiger charge is -2.16. The molecule has 1 aromatic rings. The fourth-order valence-corrected chi connectivity index (χ4v) is 1.45. The zero-order chi connectivity index (χ0) is 12.8. The molecule has 0 aliphatic heterocycles. The molecular weight excluding hydrogens is 216 g/mol. The number of nitrogens with zero attached hydrogens (tertiary/aromatic N) is 1. The second-order valence-electron chi connectivity index (χ2n) is 4.19. The van der Waals surface area contributed by atoms with Gasteiger partial charge in [-0.1, -0.05) is 31.9 Å². The van der Waals surface area contributed by atoms with E-state index in [9.17, 15) is 10.1 Å². The van der Waals surface area contributed by atoms with E-state index in [4.69, 9.17) is 6.42 Å². The zero-order valence-electron chi connectivity index (χ0n) is 10.0. The van der Waals surface area contributed by atoms with Crippen molar-refractivity contribution in [3.05, 3.63) is 39.9 Å². The molecule has 1 unspecified atom stereocenters. The first-order chi connectivity index (χ1) is 8.04. The molecule has 1 N–H and O–H groups in total. The minimum Gasteiger partial charge on any atom is -0.299 e. The standard InChI is InChI=1S/C13H16N2O2/c1-4-13(10(2)3)14-9-11-5-7-12(8-6-11)15(16)17/h1,5-8,10,13-14H,9H2,2-3H3. The van der Waals surface area contributed by atoms with Gasteiger partial charge in [0.15, 0.2) is 0 Å². The fraction of sp³-hybridized carbons (Fsp3) is 0.385. The zero-order valence-corrected chi connectivity index (χ0v) is 10.0. The Labute approximate surface area is 101 Å². The summed E-state index contributed by atoms with van der Waals surface area (Å²) in [6.07, 6.45) is 5.40. The molecule has 0 aromatic heterocycles. The molecule has 0 saturated carbocycles. The van der Waals surface area contributed by atoms with Gasteiger partial charge in [-0.25, -0.2) is 0 Å². The van der Waals surface area contributed by atoms with Crippen LogP contribution in [0.5, 0.6) is 0 Å². The summed E-state index contributed by atoms with van der Waals surface area (Å²) in [7, 11) is 0. The number of hydrogen-bond donors (Lipinski definition) is 1. The Hall–Kier alpha value is -1.86. The maximum absolute atomic E-state index is 10.5. The second-order valence-corrected chi connectivity index (χ2v) is 4.19. The van der Waals surface area contributed by atoms with Crippen LogP contribution in [0, 0.1) is 28.4 Å². The molecule has 0 bridgehead atoms. The number of terminal acetylenes is 1. The molecule has 4 nitrogen and oxygen atoms in total. The van der Waals surface area contributed by atoms with Gasteiger partial charge in [0, 0.05) is 18.7 Å². The average Bonchev–Trinajstić information content (AvgIpc) is 2.30. The molecule has 1 rings (SSSR count). The molecule has 0 heterocycles. The van der Waals surface area contributed by atoms with Crippen LogP contribution in [0.15, 0.2) is 24.3 Å². The summed E-state index contributed by atoms with van der Waals surface area (Å²) < 4.78 is 0. The van der Waals surface area contributed by atoms with Gasteiger partial charge in [-0.15, -0.1) is 6.42 Å². The molecule has 0 saturated heterocycles. The van der Waals surface area contributed by atoms with Gasteiger partial charge in [0.25, 0.3) is 5.69 Å². The number of hydrogen-bond acceptors (Lipinski definition) is 3. The Morgan fingerprint density at radius 3 is 2.41 bits per heavy atom. The monoisotopic (exact) mass is 232 g/mol. The maximum Gasteiger partial charge on any atom is 0.269 e. The van der Waals surface area contributed by atoms with Crippen molar-refractivity contribution in [2.45, 2.75) is 26.4 Å². The summed E-state index contributed by atoms with van der Waals surface area (Å²) in [5.41, 5.74) is 1.09. The number of rotatable bonds is 5. The van der Waals surface area contributed by atoms with Crippen LogP contribution in [0.3, 0.4) is 0 Å². The average molecular weight is 232 g/mol. The van der Waals surface area contributed by atoms with Crippen LogP contribution in [0.2, 0.25) is 0 Å². The SMILES string of the molecule is C#CC(NCc1ccc([N+](=O)[O-])cc1)C(C)C. The molecule has 0 fully saturated rings. The van der Waals surface area contributed by atoms with Crippen LogP contribution in [-0.2, 0) is 6.54 Å². The van der Waals surface area contributed by atoms with Gasteiger partial charge < -0.3 is 0 Å². The fourth-order valence-electron chi connectivity index (χ4n) is 1.45. The maximum atomic E-state index is 10.5. The molecule has 1 atom stereocenters. The molecular formula is C13H16N2O2. The molecule has 4 heteroatoms. The van der Waals surface area contributed by atoms with Gasteiger partial charge in [-0.2, -0.15) is 0 Å². The third kappa shape index (κ3) is 3.89. The highest BCUT2D eigenvalue weighted by atomic mass is 16.6. The second kappa shape index (κ2) is 6.02. The van der Waals surface area contributed by atoms with E-state index in [-0.39, 0.29) is 11.7 Å². The van der Waals surface area contributed by atoms with Crippen LogP contribution < -0.4 is 5.32 Å². The van der Waals surface area contributed by atoms with Crippen molar-refractivity contribution in [2.24, 2.45) is 5.92 Å². The Morgan fingerprint density at radius 1 is 1.41 bits per heavy atom. The summed E-state index contributed by atoms with van der Waals surface area (Å²) in [4.78, 5) is 10.1. The van der Waals surface area contributed by atoms with Crippen molar-refractivity contribution in [1.29, 1.82) is 0 Å². The van der Waals surface area contributed by atoms with Crippen LogP contribution in [-0.4, -0.2) is 11.0 Å². The van der Waals surface area contributed by atoms with Crippen LogP contribution >= 0.6 is 0 Å². The molecule has 0 radical (unpaired) electrons. The quantitative estimate of drug-likeness (QED) is 0.481. The normalized spacial score (nSPS) is 12.1. The van der Waals surface area contributed by atoms with E-state index in [1.54, 1.807) is 12.1 Å². The Morgan fingerprint density at radius 2 is 2.00 bits per heavy atom. The van der Waals surface area contributed by atoms with Crippen LogP contribution in [0.1, 0.15) is 19.4 Å². The molecule has 1 aromatic carbocycles. The minimum absolute atomic E-state index is 0.0187. The highest BCUT2D eigenvalue weighted by Crippen LogP contribution is 2.12. The molecule has 0 spiro atoms. The van der Waals surface area contributed by atoms with Crippen molar-refractivity contribution >= 4 is 5.69 Å². The highest BCUT2D eigenvalue weighted by Gasteiger charge is 2.09. The number of non-ortho nitro benzene ring substituents is 1. The van der Waals surface area contributed by atoms with Gasteiger partial charge >= 0.3 is 0 Å². The largest absolute Gasteiger partial charge is 0.299 e. The number of nitro benzene ring substituents is 1. The van der Waals surface area contributed by atoms with Crippen LogP contribution in [0.4, 0.5) is 5.69 Å². The predicted octanol–water partition coefficient (Wildman–Crippen LogP) is 2.34. The first kappa shape index (κ1) is 13.2. The Kier molecular flexibility index (Phi) is 4.68. The van der Waals surface area contributed by atoms with Crippen LogP contribution in [0.25, 0.3) is 0 Å². The first-order valence-corrected chi connectivity index (χ1v) is 5.47. The number of nitrogens with one attached hydrogen (secondary N) is 1. The van der Waals surface area contributed by atoms with Gasteiger partial charge in [0.2, 0.25) is 0 Å². The van der Waals surface area contributed by atoms with Crippen molar-refractivity contribution in [1.82, 2.24) is 5.32 Å². The van der Waals surface area contributed by atoms with Crippen molar-refractivity contribution in [3.8, 4) is 12.3 Å². The summed E-state index contributed by atoms with van der Waals surface area (Å²) in [6.45, 7) is 4.71. The first-order valence-electron chi connectivity index (χ1n) is 5.47. The summed E-state index contributed by atoms with van der Waals surface area (Å²) in [5.74, 6) is 3.04. The molecule has 17 heavy (non-hydrogen) atoms. The van der Waals surface area contributed by atoms with E-state index < -0.39 is 4.92 Å². The smallest absolute Gasteiger partial charge is 0.269 e. The minimum atomic E-state index is -0.407. The molecule has 90 valence electrons. The molecule has 0 aliphatic carbocycles. The summed E-state index contributed by atoms with van der Waals surface area (Å²) in [5, 5.41) is 13.7. The number of benzene rings is 1. The molecule has 0 amide bonds. The molecule has 0 aliphatic rings. The summed E-state index contributed by atoms with van der Waals surface area (Å²) in [6, 6.07) is 6.48. The van der Waals surface area contributed by atoms with Gasteiger partial charge in [0.1, 0.15) is 0 Å². The van der Waals surface area contributed by atoms with E-state index in [0.717, 1.165) is 5.56 Å². The van der Waals surface area contributed by atoms with E-state index >= 15 is 0 Å². The Balaban J connectivity index is 2.58. The predicted molar refractivity (Wildman–Crippen MR) is 67.4 cm³/mol. The number of nitro groups is 1. The van der Waals surface area contributed by atoms with E-state index in [1.165, 1.54) is 12.1 Å². The van der Waals surface area contributed by atoms with Crippen molar-refractivity contribution in [2.75, 3.05) is 0 Å². The van der Waals surface area contributed by atoms with Gasteiger partial charge in [-0.3, -0.25) is 15.4 Å². The third-order valence-corrected chi connectivity index (χ3v) is 2.52. The van der Waals surface area contributed by atoms with Gasteiger partial charge in [-0.05, 0) is 11.5 Å².